The third kappa shape index (κ3) is 4.96. The van der Waals surface area contributed by atoms with Crippen LogP contribution in [0.25, 0.3) is 0 Å². The van der Waals surface area contributed by atoms with Crippen LogP contribution in [0, 0.1) is 0 Å². The lowest BCUT2D eigenvalue weighted by molar-refractivity contribution is 0.00276. The molecule has 0 aliphatic heterocycles. The van der Waals surface area contributed by atoms with Gasteiger partial charge in [0, 0.05) is 19.2 Å². The van der Waals surface area contributed by atoms with Crippen molar-refractivity contribution in [2.75, 3.05) is 13.2 Å². The Kier molecular flexibility index (Phi) is 5.58. The molecule has 0 heterocycles. The Hall–Kier alpha value is -0.120. The van der Waals surface area contributed by atoms with Gasteiger partial charge in [-0.25, -0.2) is 0 Å². The summed E-state index contributed by atoms with van der Waals surface area (Å²) in [4.78, 5) is 0. The van der Waals surface area contributed by atoms with E-state index in [1.807, 2.05) is 0 Å². The molecule has 0 spiro atoms. The normalized spacial score (nSPS) is 22.6. The maximum Gasteiger partial charge on any atom is 0.0771 e. The molecule has 0 aromatic rings. The van der Waals surface area contributed by atoms with E-state index in [0.717, 1.165) is 38.5 Å². The molecule has 3 N–H and O–H groups in total. The number of aliphatic hydroxyl groups is 2. The van der Waals surface area contributed by atoms with Crippen molar-refractivity contribution in [3.05, 3.63) is 0 Å². The molecular weight excluding hydrogens is 190 g/mol. The van der Waals surface area contributed by atoms with Crippen molar-refractivity contribution in [1.29, 1.82) is 0 Å². The fraction of sp³-hybridized carbons (Fsp3) is 1.00. The number of nitrogens with one attached hydrogen (secondary N) is 1. The first kappa shape index (κ1) is 12.9. The van der Waals surface area contributed by atoms with Crippen LogP contribution in [0.3, 0.4) is 0 Å². The lowest BCUT2D eigenvalue weighted by Crippen LogP contribution is -2.45. The van der Waals surface area contributed by atoms with Crippen molar-refractivity contribution in [2.24, 2.45) is 0 Å². The zero-order chi connectivity index (χ0) is 11.1. The summed E-state index contributed by atoms with van der Waals surface area (Å²) in [6.07, 6.45) is 7.27. The van der Waals surface area contributed by atoms with E-state index in [9.17, 15) is 5.11 Å². The molecule has 3 nitrogen and oxygen atoms in total. The smallest absolute Gasteiger partial charge is 0.0771 e. The lowest BCUT2D eigenvalue weighted by Gasteiger charge is -2.33. The molecule has 1 fully saturated rings. The molecule has 1 unspecified atom stereocenters. The van der Waals surface area contributed by atoms with Crippen LogP contribution < -0.4 is 5.32 Å². The monoisotopic (exact) mass is 215 g/mol. The van der Waals surface area contributed by atoms with Gasteiger partial charge in [0.25, 0.3) is 0 Å². The highest BCUT2D eigenvalue weighted by Crippen LogP contribution is 2.27. The largest absolute Gasteiger partial charge is 0.396 e. The molecule has 1 atom stereocenters. The van der Waals surface area contributed by atoms with Gasteiger partial charge in [0.05, 0.1) is 5.60 Å². The molecule has 1 aliphatic carbocycles. The van der Waals surface area contributed by atoms with E-state index in [0.29, 0.717) is 12.6 Å². The Morgan fingerprint density at radius 3 is 2.53 bits per heavy atom. The second kappa shape index (κ2) is 6.46. The average molecular weight is 215 g/mol. The third-order valence-corrected chi connectivity index (χ3v) is 3.36. The average Bonchev–Trinajstić information content (AvgIpc) is 2.25. The molecule has 0 aromatic heterocycles. The van der Waals surface area contributed by atoms with Crippen LogP contribution in [0.1, 0.15) is 51.9 Å². The van der Waals surface area contributed by atoms with E-state index in [2.05, 4.69) is 12.2 Å². The van der Waals surface area contributed by atoms with Crippen LogP contribution in [-0.2, 0) is 0 Å². The predicted octanol–water partition coefficient (Wildman–Crippen LogP) is 1.43. The van der Waals surface area contributed by atoms with Crippen LogP contribution in [0.15, 0.2) is 0 Å². The SMILES string of the molecule is CC(CCCO)NCC1(O)CCCCC1. The Labute approximate surface area is 92.9 Å². The fourth-order valence-electron chi connectivity index (χ4n) is 2.25. The molecule has 1 saturated carbocycles. The van der Waals surface area contributed by atoms with Crippen molar-refractivity contribution >= 4 is 0 Å². The molecule has 1 aliphatic rings. The highest BCUT2D eigenvalue weighted by Gasteiger charge is 2.28. The zero-order valence-electron chi connectivity index (χ0n) is 9.84. The lowest BCUT2D eigenvalue weighted by atomic mass is 9.84. The zero-order valence-corrected chi connectivity index (χ0v) is 9.84. The number of hydrogen-bond donors (Lipinski definition) is 3. The summed E-state index contributed by atoms with van der Waals surface area (Å²) >= 11 is 0. The van der Waals surface area contributed by atoms with Gasteiger partial charge in [-0.15, -0.1) is 0 Å². The van der Waals surface area contributed by atoms with Crippen LogP contribution in [0.5, 0.6) is 0 Å². The minimum absolute atomic E-state index is 0.260. The topological polar surface area (TPSA) is 52.5 Å². The second-order valence-electron chi connectivity index (χ2n) is 4.93. The van der Waals surface area contributed by atoms with E-state index in [4.69, 9.17) is 5.11 Å². The standard InChI is InChI=1S/C12H25NO2/c1-11(6-5-9-14)13-10-12(15)7-3-2-4-8-12/h11,13-15H,2-10H2,1H3. The highest BCUT2D eigenvalue weighted by molar-refractivity contribution is 4.85. The summed E-state index contributed by atoms with van der Waals surface area (Å²) in [7, 11) is 0. The Morgan fingerprint density at radius 2 is 1.93 bits per heavy atom. The van der Waals surface area contributed by atoms with E-state index in [1.54, 1.807) is 0 Å². The summed E-state index contributed by atoms with van der Waals surface area (Å²) < 4.78 is 0. The van der Waals surface area contributed by atoms with Gasteiger partial charge >= 0.3 is 0 Å². The van der Waals surface area contributed by atoms with E-state index in [1.165, 1.54) is 6.42 Å². The van der Waals surface area contributed by atoms with Gasteiger partial charge in [-0.3, -0.25) is 0 Å². The van der Waals surface area contributed by atoms with Gasteiger partial charge in [0.1, 0.15) is 0 Å². The van der Waals surface area contributed by atoms with Crippen LogP contribution in [-0.4, -0.2) is 35.0 Å². The molecule has 0 radical (unpaired) electrons. The highest BCUT2D eigenvalue weighted by atomic mass is 16.3. The molecule has 0 aromatic carbocycles. The molecule has 0 saturated heterocycles. The van der Waals surface area contributed by atoms with E-state index in [-0.39, 0.29) is 6.61 Å². The molecule has 3 heteroatoms. The van der Waals surface area contributed by atoms with Crippen molar-refractivity contribution in [3.8, 4) is 0 Å². The Balaban J connectivity index is 2.16. The van der Waals surface area contributed by atoms with Gasteiger partial charge in [0.2, 0.25) is 0 Å². The van der Waals surface area contributed by atoms with Crippen molar-refractivity contribution < 1.29 is 10.2 Å². The summed E-state index contributed by atoms with van der Waals surface area (Å²) in [6, 6.07) is 0.392. The second-order valence-corrected chi connectivity index (χ2v) is 4.93. The van der Waals surface area contributed by atoms with Gasteiger partial charge in [-0.1, -0.05) is 19.3 Å². The fourth-order valence-corrected chi connectivity index (χ4v) is 2.25. The maximum atomic E-state index is 10.2. The maximum absolute atomic E-state index is 10.2. The molecule has 0 bridgehead atoms. The minimum atomic E-state index is -0.467. The summed E-state index contributed by atoms with van der Waals surface area (Å²) in [5, 5.41) is 22.3. The van der Waals surface area contributed by atoms with Crippen molar-refractivity contribution in [1.82, 2.24) is 5.32 Å². The van der Waals surface area contributed by atoms with E-state index < -0.39 is 5.60 Å². The quantitative estimate of drug-likeness (QED) is 0.628. The minimum Gasteiger partial charge on any atom is -0.396 e. The number of aliphatic hydroxyl groups excluding tert-OH is 1. The number of hydrogen-bond acceptors (Lipinski definition) is 3. The third-order valence-electron chi connectivity index (χ3n) is 3.36. The van der Waals surface area contributed by atoms with Crippen LogP contribution in [0.4, 0.5) is 0 Å². The molecular formula is C12H25NO2. The van der Waals surface area contributed by atoms with Crippen LogP contribution >= 0.6 is 0 Å². The van der Waals surface area contributed by atoms with Crippen molar-refractivity contribution in [2.45, 2.75) is 63.5 Å². The molecule has 1 rings (SSSR count). The molecule has 90 valence electrons. The van der Waals surface area contributed by atoms with Gasteiger partial charge < -0.3 is 15.5 Å². The molecule has 15 heavy (non-hydrogen) atoms. The van der Waals surface area contributed by atoms with Crippen molar-refractivity contribution in [3.63, 3.8) is 0 Å². The van der Waals surface area contributed by atoms with Crippen LogP contribution in [0.2, 0.25) is 0 Å². The first-order chi connectivity index (χ1) is 7.16. The first-order valence-corrected chi connectivity index (χ1v) is 6.23. The van der Waals surface area contributed by atoms with Gasteiger partial charge in [0.15, 0.2) is 0 Å². The van der Waals surface area contributed by atoms with E-state index >= 15 is 0 Å². The summed E-state index contributed by atoms with van der Waals surface area (Å²) in [5.41, 5.74) is -0.467. The Bertz CT molecular complexity index is 167. The van der Waals surface area contributed by atoms with Gasteiger partial charge in [-0.2, -0.15) is 0 Å². The predicted molar refractivity (Wildman–Crippen MR) is 61.8 cm³/mol. The summed E-state index contributed by atoms with van der Waals surface area (Å²) in [6.45, 7) is 3.08. The summed E-state index contributed by atoms with van der Waals surface area (Å²) in [5.74, 6) is 0. The molecule has 0 amide bonds. The Morgan fingerprint density at radius 1 is 1.27 bits per heavy atom. The first-order valence-electron chi connectivity index (χ1n) is 6.23. The number of rotatable bonds is 6. The van der Waals surface area contributed by atoms with Gasteiger partial charge in [-0.05, 0) is 32.6 Å².